The number of nitrogens with one attached hydrogen (secondary N) is 1. The Morgan fingerprint density at radius 1 is 1.07 bits per heavy atom. The summed E-state index contributed by atoms with van der Waals surface area (Å²) in [7, 11) is 0. The number of aromatic nitrogens is 3. The zero-order valence-corrected chi connectivity index (χ0v) is 14.8. The van der Waals surface area contributed by atoms with E-state index in [4.69, 9.17) is 4.74 Å². The van der Waals surface area contributed by atoms with Crippen LogP contribution in [0.3, 0.4) is 0 Å². The van der Waals surface area contributed by atoms with Gasteiger partial charge < -0.3 is 10.1 Å². The average molecular weight is 358 g/mol. The predicted molar refractivity (Wildman–Crippen MR) is 103 cm³/mol. The molecule has 27 heavy (non-hydrogen) atoms. The van der Waals surface area contributed by atoms with Crippen molar-refractivity contribution in [3.05, 3.63) is 89.7 Å². The zero-order chi connectivity index (χ0) is 18.6. The van der Waals surface area contributed by atoms with Crippen molar-refractivity contribution in [3.8, 4) is 5.75 Å². The molecule has 6 nitrogen and oxygen atoms in total. The van der Waals surface area contributed by atoms with Crippen molar-refractivity contribution in [2.45, 2.75) is 13.5 Å². The summed E-state index contributed by atoms with van der Waals surface area (Å²) in [5.74, 6) is 0.961. The van der Waals surface area contributed by atoms with E-state index in [-0.39, 0.29) is 5.91 Å². The normalized spacial score (nSPS) is 10.7. The van der Waals surface area contributed by atoms with Crippen molar-refractivity contribution in [2.75, 3.05) is 5.32 Å². The van der Waals surface area contributed by atoms with Gasteiger partial charge in [0.25, 0.3) is 5.91 Å². The number of carbonyl (C=O) groups is 1. The largest absolute Gasteiger partial charge is 0.489 e. The molecule has 0 aliphatic carbocycles. The first kappa shape index (κ1) is 16.8. The molecule has 0 bridgehead atoms. The smallest absolute Gasteiger partial charge is 0.256 e. The van der Waals surface area contributed by atoms with E-state index in [0.29, 0.717) is 29.4 Å². The van der Waals surface area contributed by atoms with Gasteiger partial charge in [0, 0.05) is 17.8 Å². The molecule has 0 aliphatic rings. The van der Waals surface area contributed by atoms with Crippen molar-refractivity contribution in [1.82, 2.24) is 14.6 Å². The number of rotatable bonds is 5. The maximum Gasteiger partial charge on any atom is 0.256 e. The third-order valence-electron chi connectivity index (χ3n) is 4.12. The molecule has 1 amide bonds. The molecule has 0 aliphatic heterocycles. The average Bonchev–Trinajstić information content (AvgIpc) is 3.17. The Hall–Kier alpha value is -3.67. The number of anilines is 1. The van der Waals surface area contributed by atoms with Crippen LogP contribution < -0.4 is 10.1 Å². The minimum atomic E-state index is -0.237. The first-order valence-electron chi connectivity index (χ1n) is 8.57. The van der Waals surface area contributed by atoms with E-state index in [2.05, 4.69) is 21.5 Å². The predicted octanol–water partition coefficient (Wildman–Crippen LogP) is 3.87. The van der Waals surface area contributed by atoms with E-state index >= 15 is 0 Å². The van der Waals surface area contributed by atoms with Gasteiger partial charge in [0.05, 0.1) is 6.20 Å². The Bertz CT molecular complexity index is 1100. The van der Waals surface area contributed by atoms with Gasteiger partial charge in [-0.3, -0.25) is 4.79 Å². The van der Waals surface area contributed by atoms with Crippen LogP contribution in [0.4, 0.5) is 5.82 Å². The summed E-state index contributed by atoms with van der Waals surface area (Å²) in [6.45, 7) is 2.50. The van der Waals surface area contributed by atoms with E-state index in [1.165, 1.54) is 5.56 Å². The van der Waals surface area contributed by atoms with Crippen LogP contribution in [-0.4, -0.2) is 20.5 Å². The maximum absolute atomic E-state index is 12.6. The molecule has 0 radical (unpaired) electrons. The topological polar surface area (TPSA) is 68.5 Å². The Kier molecular flexibility index (Phi) is 4.53. The molecule has 0 unspecified atom stereocenters. The van der Waals surface area contributed by atoms with E-state index in [1.807, 2.05) is 31.2 Å². The Labute approximate surface area is 156 Å². The lowest BCUT2D eigenvalue weighted by Gasteiger charge is -2.10. The summed E-state index contributed by atoms with van der Waals surface area (Å²) in [4.78, 5) is 16.8. The third kappa shape index (κ3) is 3.79. The molecule has 6 heteroatoms. The number of benzene rings is 2. The fourth-order valence-electron chi connectivity index (χ4n) is 2.81. The molecule has 0 fully saturated rings. The Morgan fingerprint density at radius 2 is 1.96 bits per heavy atom. The van der Waals surface area contributed by atoms with Gasteiger partial charge in [0.2, 0.25) is 0 Å². The first-order chi connectivity index (χ1) is 13.2. The molecule has 2 aromatic heterocycles. The van der Waals surface area contributed by atoms with Gasteiger partial charge in [-0.2, -0.15) is 9.61 Å². The molecule has 2 heterocycles. The highest BCUT2D eigenvalue weighted by molar-refractivity contribution is 6.04. The molecule has 134 valence electrons. The van der Waals surface area contributed by atoms with Crippen LogP contribution in [0.1, 0.15) is 21.5 Å². The van der Waals surface area contributed by atoms with Gasteiger partial charge in [-0.1, -0.05) is 35.9 Å². The number of ether oxygens (including phenoxy) is 1. The lowest BCUT2D eigenvalue weighted by atomic mass is 10.1. The quantitative estimate of drug-likeness (QED) is 0.588. The molecular weight excluding hydrogens is 340 g/mol. The van der Waals surface area contributed by atoms with E-state index in [9.17, 15) is 4.79 Å². The van der Waals surface area contributed by atoms with Gasteiger partial charge in [0.1, 0.15) is 18.2 Å². The van der Waals surface area contributed by atoms with E-state index in [1.54, 1.807) is 47.2 Å². The van der Waals surface area contributed by atoms with Crippen LogP contribution in [-0.2, 0) is 6.61 Å². The summed E-state index contributed by atoms with van der Waals surface area (Å²) < 4.78 is 7.42. The number of aryl methyl sites for hydroxylation is 1. The lowest BCUT2D eigenvalue weighted by Crippen LogP contribution is -2.15. The van der Waals surface area contributed by atoms with Crippen molar-refractivity contribution in [3.63, 3.8) is 0 Å². The lowest BCUT2D eigenvalue weighted by molar-refractivity contribution is 0.102. The van der Waals surface area contributed by atoms with Gasteiger partial charge in [-0.05, 0) is 36.8 Å². The molecule has 4 aromatic rings. The molecule has 0 atom stereocenters. The van der Waals surface area contributed by atoms with Gasteiger partial charge in [-0.15, -0.1) is 0 Å². The zero-order valence-electron chi connectivity index (χ0n) is 14.8. The Morgan fingerprint density at radius 3 is 2.85 bits per heavy atom. The highest BCUT2D eigenvalue weighted by Crippen LogP contribution is 2.17. The summed E-state index contributed by atoms with van der Waals surface area (Å²) in [6, 6.07) is 18.7. The molecule has 2 aromatic carbocycles. The van der Waals surface area contributed by atoms with Crippen LogP contribution in [0.15, 0.2) is 73.1 Å². The van der Waals surface area contributed by atoms with Crippen molar-refractivity contribution < 1.29 is 9.53 Å². The van der Waals surface area contributed by atoms with E-state index in [0.717, 1.165) is 5.56 Å². The fraction of sp³-hybridized carbons (Fsp3) is 0.0952. The number of amides is 1. The van der Waals surface area contributed by atoms with Crippen molar-refractivity contribution in [1.29, 1.82) is 0 Å². The number of carbonyl (C=O) groups excluding carboxylic acids is 1. The number of hydrogen-bond donors (Lipinski definition) is 1. The van der Waals surface area contributed by atoms with Gasteiger partial charge in [-0.25, -0.2) is 4.98 Å². The Balaban J connectivity index is 1.48. The monoisotopic (exact) mass is 358 g/mol. The summed E-state index contributed by atoms with van der Waals surface area (Å²) >= 11 is 0. The summed E-state index contributed by atoms with van der Waals surface area (Å²) in [5.41, 5.74) is 3.45. The van der Waals surface area contributed by atoms with Gasteiger partial charge >= 0.3 is 0 Å². The number of hydrogen-bond acceptors (Lipinski definition) is 4. The highest BCUT2D eigenvalue weighted by atomic mass is 16.5. The van der Waals surface area contributed by atoms with Crippen LogP contribution in [0.2, 0.25) is 0 Å². The molecule has 1 N–H and O–H groups in total. The molecule has 0 spiro atoms. The minimum Gasteiger partial charge on any atom is -0.489 e. The highest BCUT2D eigenvalue weighted by Gasteiger charge is 2.10. The SMILES string of the molecule is Cc1cccc(COc2cccc(C(=O)Nc3ccnc4ccnn34)c2)c1. The summed E-state index contributed by atoms with van der Waals surface area (Å²) in [5, 5.41) is 7.03. The first-order valence-corrected chi connectivity index (χ1v) is 8.57. The van der Waals surface area contributed by atoms with Crippen LogP contribution >= 0.6 is 0 Å². The second-order valence-corrected chi connectivity index (χ2v) is 6.19. The fourth-order valence-corrected chi connectivity index (χ4v) is 2.81. The van der Waals surface area contributed by atoms with Crippen LogP contribution in [0, 0.1) is 6.92 Å². The van der Waals surface area contributed by atoms with Crippen molar-refractivity contribution >= 4 is 17.4 Å². The third-order valence-corrected chi connectivity index (χ3v) is 4.12. The number of nitrogens with zero attached hydrogens (tertiary/aromatic N) is 3. The van der Waals surface area contributed by atoms with E-state index < -0.39 is 0 Å². The standard InChI is InChI=1S/C21H18N4O2/c1-15-4-2-5-16(12-15)14-27-18-7-3-6-17(13-18)21(26)24-20-8-10-22-19-9-11-23-25(19)20/h2-13H,14H2,1H3,(H,24,26). The molecular formula is C21H18N4O2. The maximum atomic E-state index is 12.6. The second-order valence-electron chi connectivity index (χ2n) is 6.19. The number of fused-ring (bicyclic) bond motifs is 1. The van der Waals surface area contributed by atoms with Crippen molar-refractivity contribution in [2.24, 2.45) is 0 Å². The minimum absolute atomic E-state index is 0.237. The molecule has 0 saturated carbocycles. The van der Waals surface area contributed by atoms with Gasteiger partial charge in [0.15, 0.2) is 5.65 Å². The second kappa shape index (κ2) is 7.29. The van der Waals surface area contributed by atoms with Crippen LogP contribution in [0.25, 0.3) is 5.65 Å². The molecule has 4 rings (SSSR count). The van der Waals surface area contributed by atoms with Crippen LogP contribution in [0.5, 0.6) is 5.75 Å². The summed E-state index contributed by atoms with van der Waals surface area (Å²) in [6.07, 6.45) is 3.27. The molecule has 0 saturated heterocycles.